The highest BCUT2D eigenvalue weighted by Crippen LogP contribution is 2.14. The molecule has 1 N–H and O–H groups in total. The van der Waals surface area contributed by atoms with Gasteiger partial charge in [0.25, 0.3) is 6.43 Å². The van der Waals surface area contributed by atoms with E-state index in [4.69, 9.17) is 0 Å². The molecule has 0 aliphatic heterocycles. The van der Waals surface area contributed by atoms with Crippen LogP contribution in [0.15, 0.2) is 18.2 Å². The van der Waals surface area contributed by atoms with E-state index in [2.05, 4.69) is 5.32 Å². The third-order valence-corrected chi connectivity index (χ3v) is 2.12. The number of halogens is 4. The minimum atomic E-state index is -2.61. The lowest BCUT2D eigenvalue weighted by atomic mass is 10.1. The highest BCUT2D eigenvalue weighted by Gasteiger charge is 2.20. The molecular formula is C10H11F4N. The fourth-order valence-corrected chi connectivity index (χ4v) is 1.25. The highest BCUT2D eigenvalue weighted by molar-refractivity contribution is 5.19. The fraction of sp³-hybridized carbons (Fsp3) is 0.400. The molecule has 5 heteroatoms. The first-order valence-electron chi connectivity index (χ1n) is 4.44. The molecule has 0 bridgehead atoms. The van der Waals surface area contributed by atoms with Crippen LogP contribution in [0.1, 0.15) is 5.56 Å². The number of hydrogen-bond donors (Lipinski definition) is 1. The first kappa shape index (κ1) is 12.0. The first-order valence-corrected chi connectivity index (χ1v) is 4.44. The average Bonchev–Trinajstić information content (AvgIpc) is 2.18. The summed E-state index contributed by atoms with van der Waals surface area (Å²) >= 11 is 0. The fourth-order valence-electron chi connectivity index (χ4n) is 1.25. The average molecular weight is 221 g/mol. The van der Waals surface area contributed by atoms with E-state index in [0.717, 1.165) is 18.2 Å². The summed E-state index contributed by atoms with van der Waals surface area (Å²) in [5.74, 6) is -1.30. The van der Waals surface area contributed by atoms with Crippen LogP contribution in [0.3, 0.4) is 0 Å². The van der Waals surface area contributed by atoms with Gasteiger partial charge in [0.15, 0.2) is 0 Å². The van der Waals surface area contributed by atoms with Gasteiger partial charge in [-0.3, -0.25) is 0 Å². The van der Waals surface area contributed by atoms with Gasteiger partial charge in [0, 0.05) is 0 Å². The second-order valence-electron chi connectivity index (χ2n) is 3.17. The Balaban J connectivity index is 2.82. The lowest BCUT2D eigenvalue weighted by molar-refractivity contribution is 0.102. The Hall–Kier alpha value is -1.10. The van der Waals surface area contributed by atoms with Gasteiger partial charge < -0.3 is 5.32 Å². The van der Waals surface area contributed by atoms with E-state index in [0.29, 0.717) is 0 Å². The van der Waals surface area contributed by atoms with Gasteiger partial charge in [0.1, 0.15) is 11.6 Å². The molecular weight excluding hydrogens is 210 g/mol. The van der Waals surface area contributed by atoms with E-state index in [1.54, 1.807) is 0 Å². The van der Waals surface area contributed by atoms with Crippen LogP contribution in [0.25, 0.3) is 0 Å². The van der Waals surface area contributed by atoms with Crippen molar-refractivity contribution in [2.24, 2.45) is 0 Å². The molecule has 0 amide bonds. The third-order valence-electron chi connectivity index (χ3n) is 2.12. The van der Waals surface area contributed by atoms with Gasteiger partial charge >= 0.3 is 0 Å². The van der Waals surface area contributed by atoms with E-state index >= 15 is 0 Å². The minimum Gasteiger partial charge on any atom is -0.312 e. The monoisotopic (exact) mass is 221 g/mol. The Kier molecular flexibility index (Phi) is 4.08. The van der Waals surface area contributed by atoms with E-state index in [-0.39, 0.29) is 12.0 Å². The number of nitrogens with one attached hydrogen (secondary N) is 1. The molecule has 0 spiro atoms. The third kappa shape index (κ3) is 3.20. The molecule has 0 saturated carbocycles. The summed E-state index contributed by atoms with van der Waals surface area (Å²) in [6.07, 6.45) is -2.85. The van der Waals surface area contributed by atoms with Crippen molar-refractivity contribution in [3.05, 3.63) is 35.4 Å². The van der Waals surface area contributed by atoms with Gasteiger partial charge in [0.2, 0.25) is 0 Å². The molecule has 0 heterocycles. The summed E-state index contributed by atoms with van der Waals surface area (Å²) < 4.78 is 50.5. The summed E-state index contributed by atoms with van der Waals surface area (Å²) in [6.45, 7) is 0. The summed E-state index contributed by atoms with van der Waals surface area (Å²) in [5, 5.41) is 2.36. The van der Waals surface area contributed by atoms with Crippen LogP contribution in [0.4, 0.5) is 17.6 Å². The number of likely N-dealkylation sites (N-methyl/N-ethyl adjacent to an activating group) is 1. The maximum absolute atomic E-state index is 13.1. The maximum atomic E-state index is 13.1. The molecule has 1 unspecified atom stereocenters. The molecule has 1 atom stereocenters. The minimum absolute atomic E-state index is 0.0466. The molecule has 0 aromatic heterocycles. The quantitative estimate of drug-likeness (QED) is 0.769. The van der Waals surface area contributed by atoms with Gasteiger partial charge in [-0.05, 0) is 37.2 Å². The van der Waals surface area contributed by atoms with Crippen molar-refractivity contribution in [2.75, 3.05) is 7.05 Å². The van der Waals surface area contributed by atoms with Gasteiger partial charge in [-0.25, -0.2) is 17.6 Å². The van der Waals surface area contributed by atoms with E-state index in [1.807, 2.05) is 0 Å². The van der Waals surface area contributed by atoms with Gasteiger partial charge in [-0.1, -0.05) is 0 Å². The zero-order chi connectivity index (χ0) is 11.4. The lowest BCUT2D eigenvalue weighted by Crippen LogP contribution is -2.34. The lowest BCUT2D eigenvalue weighted by Gasteiger charge is -2.15. The zero-order valence-electron chi connectivity index (χ0n) is 8.11. The molecule has 0 aliphatic carbocycles. The maximum Gasteiger partial charge on any atom is 0.254 e. The van der Waals surface area contributed by atoms with Crippen LogP contribution in [0, 0.1) is 11.6 Å². The number of hydrogen-bond acceptors (Lipinski definition) is 1. The molecule has 15 heavy (non-hydrogen) atoms. The molecule has 1 aromatic carbocycles. The summed E-state index contributed by atoms with van der Waals surface area (Å²) in [7, 11) is 1.36. The van der Waals surface area contributed by atoms with Crippen molar-refractivity contribution in [3.8, 4) is 0 Å². The summed E-state index contributed by atoms with van der Waals surface area (Å²) in [4.78, 5) is 0. The molecule has 1 aromatic rings. The summed E-state index contributed by atoms with van der Waals surface area (Å²) in [6, 6.07) is 1.65. The van der Waals surface area contributed by atoms with Crippen LogP contribution in [-0.4, -0.2) is 19.5 Å². The van der Waals surface area contributed by atoms with E-state index < -0.39 is 24.1 Å². The first-order chi connectivity index (χ1) is 7.04. The SMILES string of the molecule is CNC(Cc1cc(F)ccc1F)C(F)F. The Labute approximate surface area is 85.1 Å². The van der Waals surface area contributed by atoms with Crippen molar-refractivity contribution in [1.82, 2.24) is 5.32 Å². The smallest absolute Gasteiger partial charge is 0.254 e. The molecule has 0 saturated heterocycles. The molecule has 1 rings (SSSR count). The zero-order valence-corrected chi connectivity index (χ0v) is 8.11. The largest absolute Gasteiger partial charge is 0.312 e. The second kappa shape index (κ2) is 5.11. The van der Waals surface area contributed by atoms with Crippen molar-refractivity contribution in [1.29, 1.82) is 0 Å². The second-order valence-corrected chi connectivity index (χ2v) is 3.17. The molecule has 0 radical (unpaired) electrons. The van der Waals surface area contributed by atoms with Gasteiger partial charge in [0.05, 0.1) is 6.04 Å². The molecule has 0 fully saturated rings. The number of benzene rings is 1. The Morgan fingerprint density at radius 1 is 1.27 bits per heavy atom. The van der Waals surface area contributed by atoms with Gasteiger partial charge in [-0.2, -0.15) is 0 Å². The van der Waals surface area contributed by atoms with Crippen LogP contribution in [-0.2, 0) is 6.42 Å². The topological polar surface area (TPSA) is 12.0 Å². The molecule has 84 valence electrons. The standard InChI is InChI=1S/C10H11F4N/c1-15-9(10(13)14)5-6-4-7(11)2-3-8(6)12/h2-4,9-10,15H,5H2,1H3. The van der Waals surface area contributed by atoms with Crippen molar-refractivity contribution in [3.63, 3.8) is 0 Å². The highest BCUT2D eigenvalue weighted by atomic mass is 19.3. The van der Waals surface area contributed by atoms with Crippen LogP contribution >= 0.6 is 0 Å². The van der Waals surface area contributed by atoms with E-state index in [1.165, 1.54) is 7.05 Å². The van der Waals surface area contributed by atoms with Gasteiger partial charge in [-0.15, -0.1) is 0 Å². The predicted octanol–water partition coefficient (Wildman–Crippen LogP) is 2.36. The molecule has 0 aliphatic rings. The normalized spacial score (nSPS) is 13.2. The van der Waals surface area contributed by atoms with Crippen LogP contribution < -0.4 is 5.32 Å². The summed E-state index contributed by atoms with van der Waals surface area (Å²) in [5.41, 5.74) is -0.0466. The van der Waals surface area contributed by atoms with Crippen molar-refractivity contribution >= 4 is 0 Å². The predicted molar refractivity (Wildman–Crippen MR) is 48.9 cm³/mol. The van der Waals surface area contributed by atoms with E-state index in [9.17, 15) is 17.6 Å². The number of alkyl halides is 2. The number of rotatable bonds is 4. The Morgan fingerprint density at radius 2 is 1.93 bits per heavy atom. The van der Waals surface area contributed by atoms with Crippen molar-refractivity contribution < 1.29 is 17.6 Å². The molecule has 1 nitrogen and oxygen atoms in total. The van der Waals surface area contributed by atoms with Crippen LogP contribution in [0.5, 0.6) is 0 Å². The Bertz CT molecular complexity index is 327. The van der Waals surface area contributed by atoms with Crippen LogP contribution in [0.2, 0.25) is 0 Å². The van der Waals surface area contributed by atoms with Crippen molar-refractivity contribution in [2.45, 2.75) is 18.9 Å². The Morgan fingerprint density at radius 3 is 2.47 bits per heavy atom.